The molecule has 1 fully saturated rings. The standard InChI is InChI=1S/C12H17BrN2/c1-9-7-11(13)3-4-12(9)15-6-5-14-10(2)8-15/h3-4,7,10,14H,5-6,8H2,1-2H3. The van der Waals surface area contributed by atoms with Gasteiger partial charge in [0.05, 0.1) is 0 Å². The second-order valence-electron chi connectivity index (χ2n) is 4.23. The number of halogens is 1. The minimum atomic E-state index is 0.585. The van der Waals surface area contributed by atoms with Gasteiger partial charge in [-0.1, -0.05) is 15.9 Å². The van der Waals surface area contributed by atoms with Crippen LogP contribution in [0.3, 0.4) is 0 Å². The van der Waals surface area contributed by atoms with E-state index in [0.29, 0.717) is 6.04 Å². The minimum absolute atomic E-state index is 0.585. The number of nitrogens with one attached hydrogen (secondary N) is 1. The number of rotatable bonds is 1. The Labute approximate surface area is 99.8 Å². The number of benzene rings is 1. The highest BCUT2D eigenvalue weighted by molar-refractivity contribution is 9.10. The Kier molecular flexibility index (Phi) is 3.32. The zero-order chi connectivity index (χ0) is 10.8. The van der Waals surface area contributed by atoms with Crippen molar-refractivity contribution in [2.24, 2.45) is 0 Å². The molecule has 1 aliphatic heterocycles. The molecule has 0 bridgehead atoms. The largest absolute Gasteiger partial charge is 0.368 e. The van der Waals surface area contributed by atoms with Gasteiger partial charge < -0.3 is 10.2 Å². The third kappa shape index (κ3) is 2.52. The van der Waals surface area contributed by atoms with Crippen LogP contribution in [-0.2, 0) is 0 Å². The minimum Gasteiger partial charge on any atom is -0.368 e. The Balaban J connectivity index is 2.21. The molecule has 1 aromatic carbocycles. The van der Waals surface area contributed by atoms with E-state index in [9.17, 15) is 0 Å². The maximum Gasteiger partial charge on any atom is 0.0397 e. The first-order valence-electron chi connectivity index (χ1n) is 5.41. The topological polar surface area (TPSA) is 15.3 Å². The fourth-order valence-electron chi connectivity index (χ4n) is 2.12. The molecule has 15 heavy (non-hydrogen) atoms. The van der Waals surface area contributed by atoms with Crippen molar-refractivity contribution in [1.29, 1.82) is 0 Å². The molecule has 0 aliphatic carbocycles. The zero-order valence-electron chi connectivity index (χ0n) is 9.26. The van der Waals surface area contributed by atoms with Crippen LogP contribution in [-0.4, -0.2) is 25.7 Å². The van der Waals surface area contributed by atoms with Crippen molar-refractivity contribution >= 4 is 21.6 Å². The molecule has 0 saturated carbocycles. The predicted molar refractivity (Wildman–Crippen MR) is 68.6 cm³/mol. The smallest absolute Gasteiger partial charge is 0.0397 e. The monoisotopic (exact) mass is 268 g/mol. The summed E-state index contributed by atoms with van der Waals surface area (Å²) in [5.74, 6) is 0. The maximum absolute atomic E-state index is 3.50. The van der Waals surface area contributed by atoms with E-state index >= 15 is 0 Å². The molecule has 2 nitrogen and oxygen atoms in total. The van der Waals surface area contributed by atoms with Gasteiger partial charge in [-0.25, -0.2) is 0 Å². The van der Waals surface area contributed by atoms with Gasteiger partial charge in [0.2, 0.25) is 0 Å². The summed E-state index contributed by atoms with van der Waals surface area (Å²) < 4.78 is 1.16. The van der Waals surface area contributed by atoms with Crippen LogP contribution in [0, 0.1) is 6.92 Å². The van der Waals surface area contributed by atoms with Gasteiger partial charge in [0.1, 0.15) is 0 Å². The lowest BCUT2D eigenvalue weighted by Gasteiger charge is -2.34. The average molecular weight is 269 g/mol. The first-order valence-corrected chi connectivity index (χ1v) is 6.20. The number of nitrogens with zero attached hydrogens (tertiary/aromatic N) is 1. The van der Waals surface area contributed by atoms with Gasteiger partial charge in [0, 0.05) is 35.8 Å². The zero-order valence-corrected chi connectivity index (χ0v) is 10.8. The van der Waals surface area contributed by atoms with E-state index in [-0.39, 0.29) is 0 Å². The molecule has 1 heterocycles. The molecule has 1 aromatic rings. The van der Waals surface area contributed by atoms with Crippen LogP contribution in [0.15, 0.2) is 22.7 Å². The number of piperazine rings is 1. The first-order chi connectivity index (χ1) is 7.16. The SMILES string of the molecule is Cc1cc(Br)ccc1N1CCNC(C)C1. The van der Waals surface area contributed by atoms with Crippen molar-refractivity contribution in [3.63, 3.8) is 0 Å². The molecule has 1 unspecified atom stereocenters. The fraction of sp³-hybridized carbons (Fsp3) is 0.500. The van der Waals surface area contributed by atoms with E-state index in [2.05, 4.69) is 58.2 Å². The Morgan fingerprint density at radius 2 is 2.27 bits per heavy atom. The second-order valence-corrected chi connectivity index (χ2v) is 5.15. The highest BCUT2D eigenvalue weighted by atomic mass is 79.9. The molecule has 3 heteroatoms. The summed E-state index contributed by atoms with van der Waals surface area (Å²) >= 11 is 3.50. The van der Waals surface area contributed by atoms with Crippen LogP contribution in [0.25, 0.3) is 0 Å². The van der Waals surface area contributed by atoms with Gasteiger partial charge in [-0.3, -0.25) is 0 Å². The summed E-state index contributed by atoms with van der Waals surface area (Å²) in [6.07, 6.45) is 0. The lowest BCUT2D eigenvalue weighted by Crippen LogP contribution is -2.49. The van der Waals surface area contributed by atoms with Crippen LogP contribution in [0.1, 0.15) is 12.5 Å². The van der Waals surface area contributed by atoms with Gasteiger partial charge in [-0.2, -0.15) is 0 Å². The Bertz CT molecular complexity index is 351. The van der Waals surface area contributed by atoms with Crippen molar-refractivity contribution < 1.29 is 0 Å². The molecular formula is C12H17BrN2. The molecule has 1 aliphatic rings. The number of aryl methyl sites for hydroxylation is 1. The normalized spacial score (nSPS) is 21.8. The van der Waals surface area contributed by atoms with Crippen molar-refractivity contribution in [1.82, 2.24) is 5.32 Å². The average Bonchev–Trinajstić information content (AvgIpc) is 2.17. The molecule has 0 radical (unpaired) electrons. The molecule has 2 rings (SSSR count). The van der Waals surface area contributed by atoms with E-state index in [1.807, 2.05) is 0 Å². The summed E-state index contributed by atoms with van der Waals surface area (Å²) in [5, 5.41) is 3.46. The van der Waals surface area contributed by atoms with Crippen LogP contribution in [0.5, 0.6) is 0 Å². The van der Waals surface area contributed by atoms with E-state index in [4.69, 9.17) is 0 Å². The van der Waals surface area contributed by atoms with Crippen LogP contribution < -0.4 is 10.2 Å². The molecule has 0 aromatic heterocycles. The molecule has 0 amide bonds. The van der Waals surface area contributed by atoms with Crippen molar-refractivity contribution in [3.05, 3.63) is 28.2 Å². The van der Waals surface area contributed by atoms with E-state index < -0.39 is 0 Å². The molecule has 1 atom stereocenters. The molecule has 82 valence electrons. The molecular weight excluding hydrogens is 252 g/mol. The second kappa shape index (κ2) is 4.54. The summed E-state index contributed by atoms with van der Waals surface area (Å²) in [4.78, 5) is 2.46. The Morgan fingerprint density at radius 3 is 2.93 bits per heavy atom. The number of hydrogen-bond donors (Lipinski definition) is 1. The van der Waals surface area contributed by atoms with Gasteiger partial charge in [0.15, 0.2) is 0 Å². The molecule has 0 spiro atoms. The molecule has 1 N–H and O–H groups in total. The van der Waals surface area contributed by atoms with Crippen molar-refractivity contribution in [2.75, 3.05) is 24.5 Å². The van der Waals surface area contributed by atoms with E-state index in [1.165, 1.54) is 11.3 Å². The third-order valence-corrected chi connectivity index (χ3v) is 3.36. The lowest BCUT2D eigenvalue weighted by atomic mass is 10.1. The maximum atomic E-state index is 3.50. The van der Waals surface area contributed by atoms with Crippen LogP contribution in [0.4, 0.5) is 5.69 Å². The summed E-state index contributed by atoms with van der Waals surface area (Å²) in [6.45, 7) is 7.69. The lowest BCUT2D eigenvalue weighted by molar-refractivity contribution is 0.484. The van der Waals surface area contributed by atoms with Gasteiger partial charge >= 0.3 is 0 Å². The van der Waals surface area contributed by atoms with Gasteiger partial charge in [-0.15, -0.1) is 0 Å². The summed E-state index contributed by atoms with van der Waals surface area (Å²) in [6, 6.07) is 7.09. The summed E-state index contributed by atoms with van der Waals surface area (Å²) in [7, 11) is 0. The van der Waals surface area contributed by atoms with Gasteiger partial charge in [0.25, 0.3) is 0 Å². The fourth-order valence-corrected chi connectivity index (χ4v) is 2.60. The third-order valence-electron chi connectivity index (χ3n) is 2.87. The summed E-state index contributed by atoms with van der Waals surface area (Å²) in [5.41, 5.74) is 2.71. The first kappa shape index (κ1) is 11.0. The van der Waals surface area contributed by atoms with Crippen molar-refractivity contribution in [2.45, 2.75) is 19.9 Å². The highest BCUT2D eigenvalue weighted by Crippen LogP contribution is 2.24. The van der Waals surface area contributed by atoms with Gasteiger partial charge in [-0.05, 0) is 37.6 Å². The predicted octanol–water partition coefficient (Wildman–Crippen LogP) is 2.56. The van der Waals surface area contributed by atoms with E-state index in [1.54, 1.807) is 0 Å². The quantitative estimate of drug-likeness (QED) is 0.843. The molecule has 1 saturated heterocycles. The van der Waals surface area contributed by atoms with Crippen LogP contribution >= 0.6 is 15.9 Å². The number of hydrogen-bond acceptors (Lipinski definition) is 2. The van der Waals surface area contributed by atoms with Crippen molar-refractivity contribution in [3.8, 4) is 0 Å². The highest BCUT2D eigenvalue weighted by Gasteiger charge is 2.16. The Morgan fingerprint density at radius 1 is 1.47 bits per heavy atom. The number of anilines is 1. The Hall–Kier alpha value is -0.540. The van der Waals surface area contributed by atoms with Crippen LogP contribution in [0.2, 0.25) is 0 Å². The van der Waals surface area contributed by atoms with E-state index in [0.717, 1.165) is 24.1 Å².